The highest BCUT2D eigenvalue weighted by molar-refractivity contribution is 7.99. The summed E-state index contributed by atoms with van der Waals surface area (Å²) in [5, 5.41) is 3.09. The molecule has 0 bridgehead atoms. The van der Waals surface area contributed by atoms with Crippen LogP contribution in [0.4, 0.5) is 0 Å². The van der Waals surface area contributed by atoms with Gasteiger partial charge in [0.1, 0.15) is 0 Å². The third-order valence-corrected chi connectivity index (χ3v) is 4.04. The molecule has 2 rings (SSSR count). The minimum Gasteiger partial charge on any atom is -0.337 e. The molecule has 2 saturated heterocycles. The Labute approximate surface area is 83.2 Å². The van der Waals surface area contributed by atoms with Gasteiger partial charge in [0.15, 0.2) is 0 Å². The van der Waals surface area contributed by atoms with E-state index in [0.717, 1.165) is 24.5 Å². The Morgan fingerprint density at radius 2 is 2.38 bits per heavy atom. The van der Waals surface area contributed by atoms with Crippen molar-refractivity contribution in [2.75, 3.05) is 25.1 Å². The summed E-state index contributed by atoms with van der Waals surface area (Å²) in [5.41, 5.74) is 0. The average molecular weight is 200 g/mol. The highest BCUT2D eigenvalue weighted by Gasteiger charge is 2.35. The molecule has 1 amide bonds. The molecular weight excluding hydrogens is 184 g/mol. The van der Waals surface area contributed by atoms with Crippen molar-refractivity contribution >= 4 is 17.7 Å². The Hall–Kier alpha value is -0.220. The summed E-state index contributed by atoms with van der Waals surface area (Å²) in [7, 11) is 1.88. The number of nitrogens with zero attached hydrogens (tertiary/aromatic N) is 1. The van der Waals surface area contributed by atoms with Crippen LogP contribution in [0.5, 0.6) is 0 Å². The second kappa shape index (κ2) is 3.88. The molecule has 1 N–H and O–H groups in total. The molecule has 0 aromatic carbocycles. The number of thioether (sulfide) groups is 1. The van der Waals surface area contributed by atoms with E-state index in [1.165, 1.54) is 6.42 Å². The first-order valence-electron chi connectivity index (χ1n) is 4.88. The lowest BCUT2D eigenvalue weighted by molar-refractivity contribution is -0.138. The number of likely N-dealkylation sites (N-methyl/N-ethyl adjacent to an activating group) is 1. The maximum absolute atomic E-state index is 11.8. The van der Waals surface area contributed by atoms with Gasteiger partial charge in [-0.2, -0.15) is 11.8 Å². The Bertz CT molecular complexity index is 210. The minimum atomic E-state index is 0.0827. The number of rotatable bonds is 1. The van der Waals surface area contributed by atoms with Crippen molar-refractivity contribution in [2.24, 2.45) is 0 Å². The summed E-state index contributed by atoms with van der Waals surface area (Å²) >= 11 is 1.98. The Kier molecular flexibility index (Phi) is 2.79. The van der Waals surface area contributed by atoms with E-state index in [4.69, 9.17) is 0 Å². The first kappa shape index (κ1) is 9.34. The number of fused-ring (bicyclic) bond motifs is 1. The van der Waals surface area contributed by atoms with E-state index in [-0.39, 0.29) is 6.04 Å². The minimum absolute atomic E-state index is 0.0827. The van der Waals surface area contributed by atoms with Crippen LogP contribution in [0.3, 0.4) is 0 Å². The van der Waals surface area contributed by atoms with Crippen LogP contribution >= 0.6 is 11.8 Å². The molecule has 3 nitrogen and oxygen atoms in total. The number of amides is 1. The fourth-order valence-electron chi connectivity index (χ4n) is 2.13. The Morgan fingerprint density at radius 3 is 3.15 bits per heavy atom. The predicted molar refractivity (Wildman–Crippen MR) is 54.9 cm³/mol. The number of hydrogen-bond acceptors (Lipinski definition) is 3. The standard InChI is InChI=1S/C9H16N2OS/c1-10-8-3-2-7-6-13-5-4-11(7)9(8)12/h7-8,10H,2-6H2,1H3. The fraction of sp³-hybridized carbons (Fsp3) is 0.889. The van der Waals surface area contributed by atoms with E-state index in [1.54, 1.807) is 0 Å². The van der Waals surface area contributed by atoms with Crippen LogP contribution in [0, 0.1) is 0 Å². The molecule has 74 valence electrons. The molecule has 4 heteroatoms. The highest BCUT2D eigenvalue weighted by atomic mass is 32.2. The molecule has 13 heavy (non-hydrogen) atoms. The van der Waals surface area contributed by atoms with Gasteiger partial charge in [-0.3, -0.25) is 4.79 Å². The molecule has 0 aliphatic carbocycles. The second-order valence-corrected chi connectivity index (χ2v) is 4.83. The van der Waals surface area contributed by atoms with E-state index in [0.29, 0.717) is 11.9 Å². The molecule has 2 unspecified atom stereocenters. The lowest BCUT2D eigenvalue weighted by atomic mass is 9.98. The van der Waals surface area contributed by atoms with Gasteiger partial charge in [-0.1, -0.05) is 0 Å². The maximum atomic E-state index is 11.8. The fourth-order valence-corrected chi connectivity index (χ4v) is 3.25. The monoisotopic (exact) mass is 200 g/mol. The molecule has 2 aliphatic heterocycles. The lowest BCUT2D eigenvalue weighted by Crippen LogP contribution is -2.57. The van der Waals surface area contributed by atoms with E-state index in [9.17, 15) is 4.79 Å². The number of hydrogen-bond donors (Lipinski definition) is 1. The Balaban J connectivity index is 2.05. The van der Waals surface area contributed by atoms with Gasteiger partial charge in [0, 0.05) is 24.1 Å². The Morgan fingerprint density at radius 1 is 1.54 bits per heavy atom. The van der Waals surface area contributed by atoms with Crippen LogP contribution in [0.25, 0.3) is 0 Å². The molecule has 2 heterocycles. The van der Waals surface area contributed by atoms with Gasteiger partial charge in [-0.05, 0) is 19.9 Å². The topological polar surface area (TPSA) is 32.3 Å². The van der Waals surface area contributed by atoms with Crippen molar-refractivity contribution < 1.29 is 4.79 Å². The smallest absolute Gasteiger partial charge is 0.240 e. The quantitative estimate of drug-likeness (QED) is 0.661. The highest BCUT2D eigenvalue weighted by Crippen LogP contribution is 2.25. The molecule has 0 radical (unpaired) electrons. The van der Waals surface area contributed by atoms with E-state index in [2.05, 4.69) is 10.2 Å². The van der Waals surface area contributed by atoms with E-state index < -0.39 is 0 Å². The van der Waals surface area contributed by atoms with Crippen LogP contribution in [0.1, 0.15) is 12.8 Å². The maximum Gasteiger partial charge on any atom is 0.240 e. The predicted octanol–water partition coefficient (Wildman–Crippen LogP) is 0.312. The summed E-state index contributed by atoms with van der Waals surface area (Å²) in [6.07, 6.45) is 2.18. The van der Waals surface area contributed by atoms with Crippen molar-refractivity contribution in [3.05, 3.63) is 0 Å². The van der Waals surface area contributed by atoms with Gasteiger partial charge in [-0.25, -0.2) is 0 Å². The normalized spacial score (nSPS) is 34.5. The van der Waals surface area contributed by atoms with Crippen molar-refractivity contribution in [3.8, 4) is 0 Å². The average Bonchev–Trinajstić information content (AvgIpc) is 2.19. The summed E-state index contributed by atoms with van der Waals surface area (Å²) in [5.74, 6) is 2.57. The van der Waals surface area contributed by atoms with Gasteiger partial charge in [0.2, 0.25) is 5.91 Å². The largest absolute Gasteiger partial charge is 0.337 e. The van der Waals surface area contributed by atoms with Crippen molar-refractivity contribution in [3.63, 3.8) is 0 Å². The van der Waals surface area contributed by atoms with Crippen LogP contribution in [0.2, 0.25) is 0 Å². The number of carbonyl (C=O) groups is 1. The van der Waals surface area contributed by atoms with Crippen molar-refractivity contribution in [2.45, 2.75) is 24.9 Å². The van der Waals surface area contributed by atoms with Crippen molar-refractivity contribution in [1.29, 1.82) is 0 Å². The summed E-state index contributed by atoms with van der Waals surface area (Å²) in [6, 6.07) is 0.607. The summed E-state index contributed by atoms with van der Waals surface area (Å²) < 4.78 is 0. The van der Waals surface area contributed by atoms with Gasteiger partial charge < -0.3 is 10.2 Å². The zero-order valence-corrected chi connectivity index (χ0v) is 8.77. The van der Waals surface area contributed by atoms with Crippen LogP contribution in [-0.4, -0.2) is 48.0 Å². The molecule has 0 aromatic heterocycles. The number of carbonyl (C=O) groups excluding carboxylic acids is 1. The van der Waals surface area contributed by atoms with Gasteiger partial charge >= 0.3 is 0 Å². The van der Waals surface area contributed by atoms with Gasteiger partial charge in [-0.15, -0.1) is 0 Å². The molecule has 0 saturated carbocycles. The number of nitrogens with one attached hydrogen (secondary N) is 1. The van der Waals surface area contributed by atoms with Crippen LogP contribution in [0.15, 0.2) is 0 Å². The second-order valence-electron chi connectivity index (χ2n) is 3.68. The SMILES string of the molecule is CNC1CCC2CSCCN2C1=O. The van der Waals surface area contributed by atoms with Gasteiger partial charge in [0.05, 0.1) is 6.04 Å². The van der Waals surface area contributed by atoms with Gasteiger partial charge in [0.25, 0.3) is 0 Å². The van der Waals surface area contributed by atoms with E-state index in [1.807, 2.05) is 18.8 Å². The molecule has 0 spiro atoms. The zero-order chi connectivity index (χ0) is 9.26. The molecule has 0 aromatic rings. The third-order valence-electron chi connectivity index (χ3n) is 2.95. The summed E-state index contributed by atoms with van der Waals surface area (Å²) in [4.78, 5) is 13.9. The van der Waals surface area contributed by atoms with E-state index >= 15 is 0 Å². The molecule has 2 aliphatic rings. The zero-order valence-electron chi connectivity index (χ0n) is 7.95. The van der Waals surface area contributed by atoms with Crippen LogP contribution < -0.4 is 5.32 Å². The third kappa shape index (κ3) is 1.70. The first-order chi connectivity index (χ1) is 6.33. The molecular formula is C9H16N2OS. The molecule has 2 atom stereocenters. The van der Waals surface area contributed by atoms with Crippen LogP contribution in [-0.2, 0) is 4.79 Å². The summed E-state index contributed by atoms with van der Waals surface area (Å²) in [6.45, 7) is 0.951. The number of piperidine rings is 1. The van der Waals surface area contributed by atoms with Crippen molar-refractivity contribution in [1.82, 2.24) is 10.2 Å². The lowest BCUT2D eigenvalue weighted by Gasteiger charge is -2.41. The molecule has 2 fully saturated rings. The first-order valence-corrected chi connectivity index (χ1v) is 6.04.